The molecule has 5 heteroatoms. The quantitative estimate of drug-likeness (QED) is 0.175. The minimum atomic E-state index is 0.842. The Morgan fingerprint density at radius 2 is 1.07 bits per heavy atom. The molecular weight excluding hydrogens is 741 g/mol. The molecule has 276 valence electrons. The van der Waals surface area contributed by atoms with Gasteiger partial charge in [-0.15, -0.1) is 11.3 Å². The van der Waals surface area contributed by atoms with E-state index in [0.717, 1.165) is 88.8 Å². The van der Waals surface area contributed by atoms with Gasteiger partial charge in [0.05, 0.1) is 21.4 Å². The molecular formula is C54H32N2O2S. The van der Waals surface area contributed by atoms with Gasteiger partial charge in [-0.3, -0.25) is 0 Å². The fraction of sp³-hybridized carbons (Fsp3) is 0. The number of furan rings is 2. The Morgan fingerprint density at radius 3 is 1.92 bits per heavy atom. The third kappa shape index (κ3) is 4.71. The zero-order valence-electron chi connectivity index (χ0n) is 31.6. The Balaban J connectivity index is 1.07. The zero-order valence-corrected chi connectivity index (χ0v) is 32.4. The maximum atomic E-state index is 6.74. The molecule has 0 N–H and O–H groups in total. The van der Waals surface area contributed by atoms with Gasteiger partial charge in [0, 0.05) is 82.0 Å². The highest BCUT2D eigenvalue weighted by Gasteiger charge is 2.25. The van der Waals surface area contributed by atoms with Crippen molar-refractivity contribution in [3.05, 3.63) is 194 Å². The molecule has 0 saturated carbocycles. The number of rotatable bonds is 5. The van der Waals surface area contributed by atoms with Gasteiger partial charge in [-0.2, -0.15) is 0 Å². The van der Waals surface area contributed by atoms with Crippen LogP contribution in [0, 0.1) is 0 Å². The first-order valence-electron chi connectivity index (χ1n) is 19.9. The number of nitrogens with zero attached hydrogens (tertiary/aromatic N) is 2. The summed E-state index contributed by atoms with van der Waals surface area (Å²) in [6.07, 6.45) is 0. The first-order chi connectivity index (χ1) is 29.3. The summed E-state index contributed by atoms with van der Waals surface area (Å²) in [5, 5.41) is 9.29. The lowest BCUT2D eigenvalue weighted by Gasteiger charge is -2.26. The summed E-state index contributed by atoms with van der Waals surface area (Å²) in [6.45, 7) is 0. The zero-order chi connectivity index (χ0) is 38.6. The Morgan fingerprint density at radius 1 is 0.424 bits per heavy atom. The monoisotopic (exact) mass is 772 g/mol. The number of hydrogen-bond acceptors (Lipinski definition) is 4. The van der Waals surface area contributed by atoms with Crippen molar-refractivity contribution < 1.29 is 8.83 Å². The number of aromatic nitrogens is 1. The molecule has 59 heavy (non-hydrogen) atoms. The molecule has 0 amide bonds. The maximum absolute atomic E-state index is 6.74. The van der Waals surface area contributed by atoms with Crippen molar-refractivity contribution in [2.24, 2.45) is 0 Å². The van der Waals surface area contributed by atoms with Gasteiger partial charge in [-0.05, 0) is 66.7 Å². The van der Waals surface area contributed by atoms with Crippen molar-refractivity contribution >= 4 is 114 Å². The van der Waals surface area contributed by atoms with E-state index in [-0.39, 0.29) is 0 Å². The third-order valence-corrected chi connectivity index (χ3v) is 13.2. The Hall–Kier alpha value is -7.60. The fourth-order valence-electron chi connectivity index (χ4n) is 9.49. The van der Waals surface area contributed by atoms with Crippen molar-refractivity contribution in [2.75, 3.05) is 4.90 Å². The number of hydrogen-bond donors (Lipinski definition) is 0. The number of thiophene rings is 1. The smallest absolute Gasteiger partial charge is 0.143 e. The molecule has 13 aromatic rings. The van der Waals surface area contributed by atoms with Gasteiger partial charge in [-0.1, -0.05) is 121 Å². The van der Waals surface area contributed by atoms with E-state index in [1.165, 1.54) is 30.9 Å². The third-order valence-electron chi connectivity index (χ3n) is 12.0. The molecule has 0 aliphatic heterocycles. The van der Waals surface area contributed by atoms with Crippen molar-refractivity contribution in [2.45, 2.75) is 0 Å². The van der Waals surface area contributed by atoms with E-state index >= 15 is 0 Å². The highest BCUT2D eigenvalue weighted by molar-refractivity contribution is 7.26. The summed E-state index contributed by atoms with van der Waals surface area (Å²) in [5.74, 6) is 0. The lowest BCUT2D eigenvalue weighted by molar-refractivity contribution is 0.669. The first kappa shape index (κ1) is 32.5. The van der Waals surface area contributed by atoms with Crippen molar-refractivity contribution in [1.29, 1.82) is 0 Å². The number of para-hydroxylation sites is 5. The van der Waals surface area contributed by atoms with E-state index in [4.69, 9.17) is 8.83 Å². The van der Waals surface area contributed by atoms with Crippen LogP contribution in [0.4, 0.5) is 17.1 Å². The van der Waals surface area contributed by atoms with E-state index in [1.54, 1.807) is 0 Å². The van der Waals surface area contributed by atoms with Crippen molar-refractivity contribution in [3.8, 4) is 16.8 Å². The predicted molar refractivity (Wildman–Crippen MR) is 248 cm³/mol. The molecule has 0 unspecified atom stereocenters. The molecule has 4 nitrogen and oxygen atoms in total. The molecule has 0 aliphatic carbocycles. The van der Waals surface area contributed by atoms with E-state index in [9.17, 15) is 0 Å². The van der Waals surface area contributed by atoms with Gasteiger partial charge in [0.2, 0.25) is 0 Å². The predicted octanol–water partition coefficient (Wildman–Crippen LogP) is 16.1. The van der Waals surface area contributed by atoms with Crippen molar-refractivity contribution in [3.63, 3.8) is 0 Å². The second-order valence-electron chi connectivity index (χ2n) is 15.2. The molecule has 0 bridgehead atoms. The summed E-state index contributed by atoms with van der Waals surface area (Å²) in [4.78, 5) is 2.39. The van der Waals surface area contributed by atoms with E-state index < -0.39 is 0 Å². The maximum Gasteiger partial charge on any atom is 0.143 e. The summed E-state index contributed by atoms with van der Waals surface area (Å²) in [6, 6.07) is 69.3. The van der Waals surface area contributed by atoms with Crippen LogP contribution in [0.2, 0.25) is 0 Å². The van der Waals surface area contributed by atoms with Gasteiger partial charge in [0.25, 0.3) is 0 Å². The van der Waals surface area contributed by atoms with E-state index in [1.807, 2.05) is 23.5 Å². The van der Waals surface area contributed by atoms with Gasteiger partial charge in [0.15, 0.2) is 0 Å². The number of anilines is 3. The summed E-state index contributed by atoms with van der Waals surface area (Å²) >= 11 is 1.85. The lowest BCUT2D eigenvalue weighted by atomic mass is 9.93. The molecule has 4 heterocycles. The van der Waals surface area contributed by atoms with Crippen LogP contribution in [0.5, 0.6) is 0 Å². The summed E-state index contributed by atoms with van der Waals surface area (Å²) in [7, 11) is 0. The van der Waals surface area contributed by atoms with Gasteiger partial charge < -0.3 is 18.3 Å². The molecule has 0 saturated heterocycles. The highest BCUT2D eigenvalue weighted by atomic mass is 32.1. The van der Waals surface area contributed by atoms with Crippen LogP contribution in [0.3, 0.4) is 0 Å². The lowest BCUT2D eigenvalue weighted by Crippen LogP contribution is -2.10. The minimum Gasteiger partial charge on any atom is -0.456 e. The van der Waals surface area contributed by atoms with Gasteiger partial charge in [-0.25, -0.2) is 0 Å². The van der Waals surface area contributed by atoms with Crippen LogP contribution in [0.15, 0.2) is 203 Å². The van der Waals surface area contributed by atoms with Crippen LogP contribution in [-0.2, 0) is 0 Å². The molecule has 0 spiro atoms. The Kier molecular flexibility index (Phi) is 6.85. The summed E-state index contributed by atoms with van der Waals surface area (Å²) < 4.78 is 18.4. The van der Waals surface area contributed by atoms with Crippen LogP contribution in [0.25, 0.3) is 103 Å². The minimum absolute atomic E-state index is 0.842. The molecule has 0 aliphatic rings. The Labute approximate surface area is 342 Å². The SMILES string of the molecule is c1ccc(N(c2ccc(-n3c4ccccc4c4c(-c5cccc6c5oc5ccccc56)c5c(cc43)oc3ccccc35)cc2)c2cccc3c2sc2ccccc23)cc1. The molecule has 0 fully saturated rings. The summed E-state index contributed by atoms with van der Waals surface area (Å²) in [5.41, 5.74) is 12.3. The van der Waals surface area contributed by atoms with Crippen LogP contribution in [0.1, 0.15) is 0 Å². The normalized spacial score (nSPS) is 12.1. The Bertz CT molecular complexity index is 3790. The fourth-order valence-corrected chi connectivity index (χ4v) is 10.7. The van der Waals surface area contributed by atoms with E-state index in [0.29, 0.717) is 0 Å². The molecule has 4 aromatic heterocycles. The molecule has 0 atom stereocenters. The average molecular weight is 773 g/mol. The molecule has 0 radical (unpaired) electrons. The van der Waals surface area contributed by atoms with Crippen LogP contribution < -0.4 is 4.90 Å². The number of benzene rings is 9. The molecule has 13 rings (SSSR count). The van der Waals surface area contributed by atoms with Crippen LogP contribution in [-0.4, -0.2) is 4.57 Å². The van der Waals surface area contributed by atoms with Crippen LogP contribution >= 0.6 is 11.3 Å². The van der Waals surface area contributed by atoms with Gasteiger partial charge >= 0.3 is 0 Å². The highest BCUT2D eigenvalue weighted by Crippen LogP contribution is 2.49. The standard InChI is InChI=1S/C54H32N2O2S/c1-2-14-33(15-3-1)55(44-24-13-21-39-37-17-7-11-27-49(37)59-54(39)44)34-28-30-35(31-29-34)56-43-23-8-4-18-40(43)50-45(56)32-48-51(41-19-6-10-26-47(41)57-48)52(50)42-22-12-20-38-36-16-5-9-25-46(36)58-53(38)42/h1-32H. The molecule has 9 aromatic carbocycles. The van der Waals surface area contributed by atoms with Crippen molar-refractivity contribution in [1.82, 2.24) is 4.57 Å². The second-order valence-corrected chi connectivity index (χ2v) is 16.2. The van der Waals surface area contributed by atoms with Gasteiger partial charge in [0.1, 0.15) is 22.3 Å². The largest absolute Gasteiger partial charge is 0.456 e. The second kappa shape index (κ2) is 12.4. The topological polar surface area (TPSA) is 34.5 Å². The first-order valence-corrected chi connectivity index (χ1v) is 20.7. The average Bonchev–Trinajstić information content (AvgIpc) is 4.06. The van der Waals surface area contributed by atoms with E-state index in [2.05, 4.69) is 191 Å². The number of fused-ring (bicyclic) bond motifs is 12.